The molecule has 0 radical (unpaired) electrons. The van der Waals surface area contributed by atoms with Crippen LogP contribution in [0.3, 0.4) is 0 Å². The van der Waals surface area contributed by atoms with Gasteiger partial charge >= 0.3 is 0 Å². The molecule has 0 bridgehead atoms. The first kappa shape index (κ1) is 13.0. The van der Waals surface area contributed by atoms with Gasteiger partial charge in [-0.15, -0.1) is 0 Å². The first-order chi connectivity index (χ1) is 8.47. The van der Waals surface area contributed by atoms with Gasteiger partial charge in [0.15, 0.2) is 0 Å². The average Bonchev–Trinajstić information content (AvgIpc) is 2.32. The third-order valence-corrected chi connectivity index (χ3v) is 3.11. The highest BCUT2D eigenvalue weighted by Gasteiger charge is 2.13. The molecule has 0 saturated carbocycles. The van der Waals surface area contributed by atoms with Gasteiger partial charge in [0.25, 0.3) is 0 Å². The van der Waals surface area contributed by atoms with Gasteiger partial charge in [-0.25, -0.2) is 9.97 Å². The topological polar surface area (TPSA) is 35.0 Å². The van der Waals surface area contributed by atoms with Gasteiger partial charge < -0.3 is 4.74 Å². The smallest absolute Gasteiger partial charge is 0.236 e. The fourth-order valence-corrected chi connectivity index (χ4v) is 1.81. The van der Waals surface area contributed by atoms with Crippen molar-refractivity contribution >= 4 is 15.9 Å². The van der Waals surface area contributed by atoms with Crippen molar-refractivity contribution in [2.45, 2.75) is 26.2 Å². The minimum atomic E-state index is 0.147. The van der Waals surface area contributed by atoms with Gasteiger partial charge in [-0.1, -0.05) is 32.9 Å². The molecule has 1 aromatic carbocycles. The molecule has 4 heteroatoms. The van der Waals surface area contributed by atoms with Crippen LogP contribution in [0, 0.1) is 0 Å². The minimum Gasteiger partial charge on any atom is -0.438 e. The van der Waals surface area contributed by atoms with Crippen molar-refractivity contribution < 1.29 is 4.74 Å². The van der Waals surface area contributed by atoms with Gasteiger partial charge in [-0.2, -0.15) is 0 Å². The third kappa shape index (κ3) is 3.07. The Kier molecular flexibility index (Phi) is 3.66. The maximum absolute atomic E-state index is 5.68. The second-order valence-electron chi connectivity index (χ2n) is 5.05. The molecule has 18 heavy (non-hydrogen) atoms. The van der Waals surface area contributed by atoms with Gasteiger partial charge in [0, 0.05) is 6.20 Å². The van der Waals surface area contributed by atoms with Gasteiger partial charge in [0.2, 0.25) is 5.88 Å². The fraction of sp³-hybridized carbons (Fsp3) is 0.286. The van der Waals surface area contributed by atoms with Crippen molar-refractivity contribution in [1.82, 2.24) is 9.97 Å². The summed E-state index contributed by atoms with van der Waals surface area (Å²) < 4.78 is 6.42. The first-order valence-corrected chi connectivity index (χ1v) is 6.50. The molecule has 0 unspecified atom stereocenters. The number of aromatic nitrogens is 2. The van der Waals surface area contributed by atoms with Crippen molar-refractivity contribution in [3.63, 3.8) is 0 Å². The van der Waals surface area contributed by atoms with Crippen LogP contribution in [-0.4, -0.2) is 9.97 Å². The summed E-state index contributed by atoms with van der Waals surface area (Å²) in [7, 11) is 0. The van der Waals surface area contributed by atoms with Crippen molar-refractivity contribution in [2.24, 2.45) is 0 Å². The molecule has 0 aliphatic rings. The zero-order chi connectivity index (χ0) is 13.2. The van der Waals surface area contributed by atoms with Gasteiger partial charge in [0.05, 0.1) is 4.47 Å². The van der Waals surface area contributed by atoms with E-state index in [0.717, 1.165) is 10.2 Å². The van der Waals surface area contributed by atoms with Crippen LogP contribution in [0.4, 0.5) is 0 Å². The minimum absolute atomic E-state index is 0.147. The van der Waals surface area contributed by atoms with Crippen LogP contribution in [0.2, 0.25) is 0 Å². The van der Waals surface area contributed by atoms with Crippen LogP contribution >= 0.6 is 15.9 Å². The van der Waals surface area contributed by atoms with Gasteiger partial charge in [-0.3, -0.25) is 0 Å². The van der Waals surface area contributed by atoms with E-state index in [9.17, 15) is 0 Å². The van der Waals surface area contributed by atoms with E-state index in [1.54, 1.807) is 6.20 Å². The number of rotatable bonds is 2. The summed E-state index contributed by atoms with van der Waals surface area (Å²) in [6.45, 7) is 6.55. The number of benzene rings is 1. The fourth-order valence-electron chi connectivity index (χ4n) is 1.51. The molecule has 0 amide bonds. The Morgan fingerprint density at radius 2 is 1.78 bits per heavy atom. The van der Waals surface area contributed by atoms with Crippen molar-refractivity contribution in [1.29, 1.82) is 0 Å². The molecule has 1 heterocycles. The lowest BCUT2D eigenvalue weighted by Gasteiger charge is -2.19. The lowest BCUT2D eigenvalue weighted by molar-refractivity contribution is 0.457. The van der Waals surface area contributed by atoms with E-state index in [4.69, 9.17) is 4.74 Å². The Bertz CT molecular complexity index is 532. The predicted octanol–water partition coefficient (Wildman–Crippen LogP) is 4.33. The molecule has 2 rings (SSSR count). The SMILES string of the molecule is CC(C)(C)c1ccc(Oc2ncncc2Br)cc1. The highest BCUT2D eigenvalue weighted by atomic mass is 79.9. The molecule has 0 fully saturated rings. The quantitative estimate of drug-likeness (QED) is 0.828. The molecule has 2 aromatic rings. The first-order valence-electron chi connectivity index (χ1n) is 5.71. The normalized spacial score (nSPS) is 11.3. The lowest BCUT2D eigenvalue weighted by atomic mass is 9.87. The molecule has 94 valence electrons. The zero-order valence-electron chi connectivity index (χ0n) is 10.6. The Balaban J connectivity index is 2.19. The molecule has 0 spiro atoms. The van der Waals surface area contributed by atoms with E-state index >= 15 is 0 Å². The molecular formula is C14H15BrN2O. The zero-order valence-corrected chi connectivity index (χ0v) is 12.2. The van der Waals surface area contributed by atoms with E-state index in [1.165, 1.54) is 11.9 Å². The second-order valence-corrected chi connectivity index (χ2v) is 5.91. The van der Waals surface area contributed by atoms with E-state index < -0.39 is 0 Å². The summed E-state index contributed by atoms with van der Waals surface area (Å²) >= 11 is 3.35. The van der Waals surface area contributed by atoms with E-state index in [1.807, 2.05) is 12.1 Å². The van der Waals surface area contributed by atoms with Gasteiger partial charge in [-0.05, 0) is 39.0 Å². The molecule has 0 aliphatic carbocycles. The molecule has 1 aromatic heterocycles. The van der Waals surface area contributed by atoms with Crippen molar-refractivity contribution in [3.8, 4) is 11.6 Å². The second kappa shape index (κ2) is 5.06. The Labute approximate surface area is 115 Å². The Hall–Kier alpha value is -1.42. The summed E-state index contributed by atoms with van der Waals surface area (Å²) in [5, 5.41) is 0. The van der Waals surface area contributed by atoms with Crippen LogP contribution in [0.15, 0.2) is 41.3 Å². The molecule has 0 atom stereocenters. The summed E-state index contributed by atoms with van der Waals surface area (Å²) in [4.78, 5) is 7.96. The molecule has 0 N–H and O–H groups in total. The molecular weight excluding hydrogens is 292 g/mol. The number of hydrogen-bond donors (Lipinski definition) is 0. The Morgan fingerprint density at radius 3 is 2.33 bits per heavy atom. The van der Waals surface area contributed by atoms with E-state index in [0.29, 0.717) is 5.88 Å². The van der Waals surface area contributed by atoms with Crippen LogP contribution in [0.5, 0.6) is 11.6 Å². The Morgan fingerprint density at radius 1 is 1.11 bits per heavy atom. The van der Waals surface area contributed by atoms with Crippen LogP contribution in [-0.2, 0) is 5.41 Å². The molecule has 0 aliphatic heterocycles. The van der Waals surface area contributed by atoms with Crippen molar-refractivity contribution in [2.75, 3.05) is 0 Å². The maximum Gasteiger partial charge on any atom is 0.236 e. The van der Waals surface area contributed by atoms with E-state index in [2.05, 4.69) is 58.8 Å². The highest BCUT2D eigenvalue weighted by molar-refractivity contribution is 9.10. The summed E-state index contributed by atoms with van der Waals surface area (Å²) in [6, 6.07) is 8.05. The number of ether oxygens (including phenoxy) is 1. The predicted molar refractivity (Wildman–Crippen MR) is 74.9 cm³/mol. The van der Waals surface area contributed by atoms with Crippen LogP contribution < -0.4 is 4.74 Å². The summed E-state index contributed by atoms with van der Waals surface area (Å²) in [5.41, 5.74) is 1.42. The number of nitrogens with zero attached hydrogens (tertiary/aromatic N) is 2. The summed E-state index contributed by atoms with van der Waals surface area (Å²) in [5.74, 6) is 1.29. The standard InChI is InChI=1S/C14H15BrN2O/c1-14(2,3)10-4-6-11(7-5-10)18-13-12(15)8-16-9-17-13/h4-9H,1-3H3. The summed E-state index contributed by atoms with van der Waals surface area (Å²) in [6.07, 6.45) is 3.12. The molecule has 3 nitrogen and oxygen atoms in total. The highest BCUT2D eigenvalue weighted by Crippen LogP contribution is 2.28. The third-order valence-electron chi connectivity index (χ3n) is 2.57. The maximum atomic E-state index is 5.68. The largest absolute Gasteiger partial charge is 0.438 e. The monoisotopic (exact) mass is 306 g/mol. The van der Waals surface area contributed by atoms with Crippen LogP contribution in [0.25, 0.3) is 0 Å². The number of hydrogen-bond acceptors (Lipinski definition) is 3. The lowest BCUT2D eigenvalue weighted by Crippen LogP contribution is -2.10. The van der Waals surface area contributed by atoms with E-state index in [-0.39, 0.29) is 5.41 Å². The van der Waals surface area contributed by atoms with Crippen molar-refractivity contribution in [3.05, 3.63) is 46.8 Å². The number of halogens is 1. The van der Waals surface area contributed by atoms with Crippen LogP contribution in [0.1, 0.15) is 26.3 Å². The molecule has 0 saturated heterocycles. The van der Waals surface area contributed by atoms with Gasteiger partial charge in [0.1, 0.15) is 12.1 Å². The average molecular weight is 307 g/mol.